The van der Waals surface area contributed by atoms with E-state index in [1.807, 2.05) is 0 Å². The van der Waals surface area contributed by atoms with Crippen LogP contribution < -0.4 is 0 Å². The molecule has 1 aromatic rings. The number of hydrogen-bond acceptors (Lipinski definition) is 1. The fourth-order valence-electron chi connectivity index (χ4n) is 1.63. The highest BCUT2D eigenvalue weighted by Crippen LogP contribution is 2.15. The highest BCUT2D eigenvalue weighted by Gasteiger charge is 2.03. The fraction of sp³-hybridized carbons (Fsp3) is 0.462. The Hall–Kier alpha value is -1.29. The zero-order valence-electron chi connectivity index (χ0n) is 8.96. The molecule has 0 saturated heterocycles. The second-order valence-electron chi connectivity index (χ2n) is 4.02. The molecule has 0 N–H and O–H groups in total. The van der Waals surface area contributed by atoms with Gasteiger partial charge in [-0.25, -0.2) is 0 Å². The van der Waals surface area contributed by atoms with Crippen LogP contribution in [-0.4, -0.2) is 0 Å². The molecule has 1 rings (SSSR count). The van der Waals surface area contributed by atoms with Gasteiger partial charge in [0, 0.05) is 6.42 Å². The van der Waals surface area contributed by atoms with Crippen LogP contribution in [0, 0.1) is 17.2 Å². The topological polar surface area (TPSA) is 23.8 Å². The van der Waals surface area contributed by atoms with E-state index in [1.165, 1.54) is 11.1 Å². The Morgan fingerprint density at radius 1 is 1.21 bits per heavy atom. The third-order valence-corrected chi connectivity index (χ3v) is 2.25. The minimum Gasteiger partial charge on any atom is -0.198 e. The zero-order chi connectivity index (χ0) is 10.4. The Balaban J connectivity index is 2.76. The second kappa shape index (κ2) is 5.44. The predicted molar refractivity (Wildman–Crippen MR) is 58.9 cm³/mol. The van der Waals surface area contributed by atoms with Gasteiger partial charge < -0.3 is 0 Å². The van der Waals surface area contributed by atoms with Crippen LogP contribution in [0.25, 0.3) is 0 Å². The largest absolute Gasteiger partial charge is 0.198 e. The van der Waals surface area contributed by atoms with Gasteiger partial charge in [0.25, 0.3) is 0 Å². The summed E-state index contributed by atoms with van der Waals surface area (Å²) < 4.78 is 0. The van der Waals surface area contributed by atoms with Gasteiger partial charge in [0.15, 0.2) is 0 Å². The van der Waals surface area contributed by atoms with Crippen molar-refractivity contribution >= 4 is 0 Å². The maximum atomic E-state index is 8.55. The molecule has 0 radical (unpaired) electrons. The maximum Gasteiger partial charge on any atom is 0.0625 e. The van der Waals surface area contributed by atoms with Gasteiger partial charge in [-0.05, 0) is 29.9 Å². The van der Waals surface area contributed by atoms with Crippen molar-refractivity contribution in [2.45, 2.75) is 33.1 Å². The average Bonchev–Trinajstić information content (AvgIpc) is 2.16. The highest BCUT2D eigenvalue weighted by atomic mass is 14.2. The molecule has 1 heteroatoms. The van der Waals surface area contributed by atoms with Gasteiger partial charge in [-0.15, -0.1) is 0 Å². The third-order valence-electron chi connectivity index (χ3n) is 2.25. The Kier molecular flexibility index (Phi) is 4.19. The summed E-state index contributed by atoms with van der Waals surface area (Å²) in [4.78, 5) is 0. The number of hydrogen-bond donors (Lipinski definition) is 0. The van der Waals surface area contributed by atoms with Gasteiger partial charge in [0.05, 0.1) is 6.07 Å². The molecule has 0 heterocycles. The molecule has 0 spiro atoms. The van der Waals surface area contributed by atoms with Gasteiger partial charge >= 0.3 is 0 Å². The van der Waals surface area contributed by atoms with Crippen molar-refractivity contribution in [3.8, 4) is 6.07 Å². The molecule has 0 saturated carbocycles. The molecular weight excluding hydrogens is 170 g/mol. The van der Waals surface area contributed by atoms with E-state index in [9.17, 15) is 0 Å². The maximum absolute atomic E-state index is 8.55. The monoisotopic (exact) mass is 187 g/mol. The average molecular weight is 187 g/mol. The predicted octanol–water partition coefficient (Wildman–Crippen LogP) is 3.34. The van der Waals surface area contributed by atoms with Gasteiger partial charge in [-0.3, -0.25) is 0 Å². The minimum atomic E-state index is 0.620. The molecule has 0 amide bonds. The van der Waals surface area contributed by atoms with Crippen LogP contribution in [0.2, 0.25) is 0 Å². The summed E-state index contributed by atoms with van der Waals surface area (Å²) in [6.45, 7) is 4.45. The summed E-state index contributed by atoms with van der Waals surface area (Å²) in [7, 11) is 0. The molecular formula is C13H17N. The Morgan fingerprint density at radius 2 is 1.86 bits per heavy atom. The summed E-state index contributed by atoms with van der Waals surface area (Å²) in [5.41, 5.74) is 2.74. The standard InChI is InChI=1S/C13H17N/c1-11(2)10-13-7-4-3-6-12(13)8-5-9-14/h3-4,6-7,11H,5,8,10H2,1-2H3. The van der Waals surface area contributed by atoms with E-state index in [-0.39, 0.29) is 0 Å². The lowest BCUT2D eigenvalue weighted by Crippen LogP contribution is -1.99. The van der Waals surface area contributed by atoms with Crippen molar-refractivity contribution in [2.75, 3.05) is 0 Å². The minimum absolute atomic E-state index is 0.620. The smallest absolute Gasteiger partial charge is 0.0625 e. The number of nitrogens with zero attached hydrogens (tertiary/aromatic N) is 1. The third kappa shape index (κ3) is 3.22. The van der Waals surface area contributed by atoms with Crippen molar-refractivity contribution in [2.24, 2.45) is 5.92 Å². The molecule has 0 aliphatic heterocycles. The zero-order valence-corrected chi connectivity index (χ0v) is 8.96. The van der Waals surface area contributed by atoms with Crippen molar-refractivity contribution in [3.05, 3.63) is 35.4 Å². The molecule has 74 valence electrons. The van der Waals surface area contributed by atoms with E-state index in [1.54, 1.807) is 0 Å². The van der Waals surface area contributed by atoms with Crippen LogP contribution in [0.1, 0.15) is 31.4 Å². The van der Waals surface area contributed by atoms with E-state index in [2.05, 4.69) is 44.2 Å². The quantitative estimate of drug-likeness (QED) is 0.709. The fourth-order valence-corrected chi connectivity index (χ4v) is 1.63. The lowest BCUT2D eigenvalue weighted by molar-refractivity contribution is 0.642. The Morgan fingerprint density at radius 3 is 2.43 bits per heavy atom. The van der Waals surface area contributed by atoms with Crippen molar-refractivity contribution in [3.63, 3.8) is 0 Å². The van der Waals surface area contributed by atoms with Crippen LogP contribution >= 0.6 is 0 Å². The van der Waals surface area contributed by atoms with E-state index in [0.717, 1.165) is 12.8 Å². The first-order valence-corrected chi connectivity index (χ1v) is 5.17. The van der Waals surface area contributed by atoms with E-state index >= 15 is 0 Å². The molecule has 0 aliphatic rings. The Labute approximate surface area is 86.4 Å². The summed E-state index contributed by atoms with van der Waals surface area (Å²) in [6.07, 6.45) is 2.62. The van der Waals surface area contributed by atoms with Crippen LogP contribution in [-0.2, 0) is 12.8 Å². The van der Waals surface area contributed by atoms with Gasteiger partial charge in [0.2, 0.25) is 0 Å². The van der Waals surface area contributed by atoms with Crippen LogP contribution in [0.15, 0.2) is 24.3 Å². The van der Waals surface area contributed by atoms with E-state index in [4.69, 9.17) is 5.26 Å². The van der Waals surface area contributed by atoms with Gasteiger partial charge in [-0.1, -0.05) is 38.1 Å². The van der Waals surface area contributed by atoms with Crippen LogP contribution in [0.3, 0.4) is 0 Å². The lowest BCUT2D eigenvalue weighted by atomic mass is 9.96. The van der Waals surface area contributed by atoms with Crippen LogP contribution in [0.4, 0.5) is 0 Å². The van der Waals surface area contributed by atoms with Gasteiger partial charge in [-0.2, -0.15) is 5.26 Å². The summed E-state index contributed by atoms with van der Waals surface area (Å²) >= 11 is 0. The first kappa shape index (κ1) is 10.8. The first-order valence-electron chi connectivity index (χ1n) is 5.17. The number of aryl methyl sites for hydroxylation is 1. The molecule has 0 unspecified atom stereocenters. The molecule has 1 nitrogen and oxygen atoms in total. The molecule has 0 aliphatic carbocycles. The highest BCUT2D eigenvalue weighted by molar-refractivity contribution is 5.27. The van der Waals surface area contributed by atoms with Crippen molar-refractivity contribution < 1.29 is 0 Å². The SMILES string of the molecule is CC(C)Cc1ccccc1CCC#N. The summed E-state index contributed by atoms with van der Waals surface area (Å²) in [5.74, 6) is 0.679. The van der Waals surface area contributed by atoms with Crippen molar-refractivity contribution in [1.82, 2.24) is 0 Å². The molecule has 14 heavy (non-hydrogen) atoms. The molecule has 0 atom stereocenters. The van der Waals surface area contributed by atoms with E-state index in [0.29, 0.717) is 12.3 Å². The normalized spacial score (nSPS) is 10.1. The van der Waals surface area contributed by atoms with Crippen molar-refractivity contribution in [1.29, 1.82) is 5.26 Å². The number of rotatable bonds is 4. The lowest BCUT2D eigenvalue weighted by Gasteiger charge is -2.09. The Bertz CT molecular complexity index is 320. The van der Waals surface area contributed by atoms with Crippen LogP contribution in [0.5, 0.6) is 0 Å². The number of benzene rings is 1. The summed E-state index contributed by atoms with van der Waals surface area (Å²) in [6, 6.07) is 10.6. The molecule has 1 aromatic carbocycles. The second-order valence-corrected chi connectivity index (χ2v) is 4.02. The molecule has 0 aromatic heterocycles. The summed E-state index contributed by atoms with van der Waals surface area (Å²) in [5, 5.41) is 8.55. The van der Waals surface area contributed by atoms with Gasteiger partial charge in [0.1, 0.15) is 0 Å². The first-order chi connectivity index (χ1) is 6.74. The molecule has 0 bridgehead atoms. The van der Waals surface area contributed by atoms with E-state index < -0.39 is 0 Å². The number of nitriles is 1. The molecule has 0 fully saturated rings.